The molecule has 2 aliphatic rings. The van der Waals surface area contributed by atoms with Gasteiger partial charge in [0.15, 0.2) is 0 Å². The minimum Gasteiger partial charge on any atom is -0.399 e. The number of aliphatic hydroxyl groups is 1. The van der Waals surface area contributed by atoms with E-state index in [0.717, 1.165) is 40.7 Å². The highest BCUT2D eigenvalue weighted by molar-refractivity contribution is 6.55. The van der Waals surface area contributed by atoms with Crippen molar-refractivity contribution in [1.82, 2.24) is 0 Å². The molecule has 2 rings (SSSR count). The highest BCUT2D eigenvalue weighted by atomic mass is 16.7. The van der Waals surface area contributed by atoms with E-state index in [1.807, 2.05) is 46.9 Å². The van der Waals surface area contributed by atoms with Crippen LogP contribution in [0.15, 0.2) is 63.8 Å². The Bertz CT molecular complexity index is 905. The zero-order valence-corrected chi connectivity index (χ0v) is 22.7. The summed E-state index contributed by atoms with van der Waals surface area (Å²) in [7, 11) is 1.19. The predicted octanol–water partition coefficient (Wildman–Crippen LogP) is 6.17. The molecule has 6 heteroatoms. The van der Waals surface area contributed by atoms with Crippen molar-refractivity contribution in [2.24, 2.45) is 10.4 Å². The summed E-state index contributed by atoms with van der Waals surface area (Å²) in [5, 5.41) is 10.0. The van der Waals surface area contributed by atoms with Gasteiger partial charge in [-0.25, -0.2) is 0 Å². The summed E-state index contributed by atoms with van der Waals surface area (Å²) in [6, 6.07) is 0. The van der Waals surface area contributed by atoms with Crippen molar-refractivity contribution in [2.75, 3.05) is 13.7 Å². The topological polar surface area (TPSA) is 60.3 Å². The molecular weight excluding hydrogens is 425 g/mol. The summed E-state index contributed by atoms with van der Waals surface area (Å²) in [5.41, 5.74) is 4.86. The van der Waals surface area contributed by atoms with Gasteiger partial charge in [0.05, 0.1) is 23.0 Å². The molecule has 0 spiro atoms. The molecule has 5 nitrogen and oxygen atoms in total. The van der Waals surface area contributed by atoms with E-state index in [-0.39, 0.29) is 18.1 Å². The first-order valence-electron chi connectivity index (χ1n) is 12.2. The first-order chi connectivity index (χ1) is 15.7. The maximum absolute atomic E-state index is 10.0. The molecule has 0 amide bonds. The van der Waals surface area contributed by atoms with Crippen LogP contribution in [0.1, 0.15) is 74.7 Å². The fourth-order valence-corrected chi connectivity index (χ4v) is 4.11. The van der Waals surface area contributed by atoms with Crippen molar-refractivity contribution in [3.05, 3.63) is 58.8 Å². The van der Waals surface area contributed by atoms with Gasteiger partial charge in [0.1, 0.15) is 0 Å². The monoisotopic (exact) mass is 469 g/mol. The van der Waals surface area contributed by atoms with Crippen molar-refractivity contribution in [3.63, 3.8) is 0 Å². The van der Waals surface area contributed by atoms with Crippen LogP contribution in [0.2, 0.25) is 0 Å². The lowest BCUT2D eigenvalue weighted by molar-refractivity contribution is 0.00578. The van der Waals surface area contributed by atoms with Crippen molar-refractivity contribution in [1.29, 1.82) is 0 Å². The van der Waals surface area contributed by atoms with E-state index >= 15 is 0 Å². The predicted molar refractivity (Wildman–Crippen MR) is 143 cm³/mol. The van der Waals surface area contributed by atoms with E-state index in [9.17, 15) is 5.11 Å². The SMILES string of the molecule is C=C/C(=C\C(=C)/C(CC(C)(C)CO)=C(\C)C1=C(C(C)OC)N=CCC1)B1OC(C)(C)C(C)(C)O1. The molecule has 2 heterocycles. The normalized spacial score (nSPS) is 22.1. The van der Waals surface area contributed by atoms with Gasteiger partial charge in [-0.05, 0) is 94.0 Å². The van der Waals surface area contributed by atoms with Gasteiger partial charge in [0.2, 0.25) is 0 Å². The lowest BCUT2D eigenvalue weighted by Crippen LogP contribution is -2.41. The van der Waals surface area contributed by atoms with Gasteiger partial charge in [-0.2, -0.15) is 0 Å². The van der Waals surface area contributed by atoms with Gasteiger partial charge in [-0.3, -0.25) is 4.99 Å². The van der Waals surface area contributed by atoms with Gasteiger partial charge in [0, 0.05) is 19.9 Å². The molecule has 0 aromatic heterocycles. The standard InChI is InChI=1S/C28H44BNO4/c1-12-22(29-33-27(7,8)28(9,10)34-29)16-19(2)24(17-26(5,6)18-31)20(3)23-14-13-15-30-25(23)21(4)32-11/h12,15-16,21,31H,1-2,13-14,17-18H2,3-11H3/b22-16+,24-20+. The first kappa shape index (κ1) is 28.5. The van der Waals surface area contributed by atoms with Gasteiger partial charge in [-0.15, -0.1) is 0 Å². The van der Waals surface area contributed by atoms with E-state index < -0.39 is 18.3 Å². The van der Waals surface area contributed by atoms with Crippen LogP contribution in [0, 0.1) is 5.41 Å². The number of rotatable bonds is 10. The number of hydrogen-bond donors (Lipinski definition) is 1. The second kappa shape index (κ2) is 10.9. The Morgan fingerprint density at radius 3 is 2.38 bits per heavy atom. The average molecular weight is 469 g/mol. The minimum absolute atomic E-state index is 0.0743. The number of aliphatic imine (C=N–C) groups is 1. The maximum atomic E-state index is 10.0. The molecule has 1 fully saturated rings. The second-order valence-corrected chi connectivity index (χ2v) is 11.2. The number of hydrogen-bond acceptors (Lipinski definition) is 5. The van der Waals surface area contributed by atoms with Crippen LogP contribution in [0.25, 0.3) is 0 Å². The zero-order valence-electron chi connectivity index (χ0n) is 22.7. The molecule has 0 aromatic carbocycles. The molecule has 2 aliphatic heterocycles. The number of ether oxygens (including phenoxy) is 1. The van der Waals surface area contributed by atoms with Crippen LogP contribution in [0.4, 0.5) is 0 Å². The third-order valence-electron chi connectivity index (χ3n) is 7.28. The van der Waals surface area contributed by atoms with E-state index in [1.54, 1.807) is 13.2 Å². The molecule has 188 valence electrons. The van der Waals surface area contributed by atoms with E-state index in [0.29, 0.717) is 6.42 Å². The van der Waals surface area contributed by atoms with Crippen LogP contribution in [-0.2, 0) is 14.0 Å². The number of methoxy groups -OCH3 is 1. The molecule has 0 radical (unpaired) electrons. The van der Waals surface area contributed by atoms with Crippen LogP contribution in [0.3, 0.4) is 0 Å². The quantitative estimate of drug-likeness (QED) is 0.307. The van der Waals surface area contributed by atoms with E-state index in [1.165, 1.54) is 5.57 Å². The fraction of sp³-hybridized carbons (Fsp3) is 0.607. The summed E-state index contributed by atoms with van der Waals surface area (Å²) in [6.45, 7) is 25.0. The fourth-order valence-electron chi connectivity index (χ4n) is 4.11. The van der Waals surface area contributed by atoms with Gasteiger partial charge in [-0.1, -0.05) is 39.2 Å². The third kappa shape index (κ3) is 6.28. The largest absolute Gasteiger partial charge is 0.494 e. The summed E-state index contributed by atoms with van der Waals surface area (Å²) < 4.78 is 18.1. The smallest absolute Gasteiger partial charge is 0.399 e. The van der Waals surface area contributed by atoms with Crippen LogP contribution in [0.5, 0.6) is 0 Å². The van der Waals surface area contributed by atoms with Crippen molar-refractivity contribution in [2.45, 2.75) is 92.0 Å². The number of allylic oxidation sites excluding steroid dienone is 7. The van der Waals surface area contributed by atoms with E-state index in [4.69, 9.17) is 14.0 Å². The molecule has 34 heavy (non-hydrogen) atoms. The average Bonchev–Trinajstić information content (AvgIpc) is 3.01. The van der Waals surface area contributed by atoms with Crippen LogP contribution >= 0.6 is 0 Å². The van der Waals surface area contributed by atoms with Crippen LogP contribution < -0.4 is 0 Å². The molecule has 1 saturated heterocycles. The second-order valence-electron chi connectivity index (χ2n) is 11.2. The number of nitrogens with zero attached hydrogens (tertiary/aromatic N) is 1. The number of aliphatic hydroxyl groups excluding tert-OH is 1. The summed E-state index contributed by atoms with van der Waals surface area (Å²) >= 11 is 0. The van der Waals surface area contributed by atoms with E-state index in [2.05, 4.69) is 38.9 Å². The summed E-state index contributed by atoms with van der Waals surface area (Å²) in [4.78, 5) is 4.68. The Balaban J connectivity index is 2.58. The van der Waals surface area contributed by atoms with Crippen LogP contribution in [-0.4, -0.2) is 49.5 Å². The van der Waals surface area contributed by atoms with Gasteiger partial charge in [0.25, 0.3) is 0 Å². The molecule has 0 saturated carbocycles. The Hall–Kier alpha value is -1.73. The molecule has 1 unspecified atom stereocenters. The molecule has 0 aliphatic carbocycles. The van der Waals surface area contributed by atoms with Gasteiger partial charge >= 0.3 is 7.12 Å². The highest BCUT2D eigenvalue weighted by Crippen LogP contribution is 2.40. The highest BCUT2D eigenvalue weighted by Gasteiger charge is 2.52. The molecule has 1 atom stereocenters. The Morgan fingerprint density at radius 1 is 1.29 bits per heavy atom. The Morgan fingerprint density at radius 2 is 1.88 bits per heavy atom. The van der Waals surface area contributed by atoms with Crippen molar-refractivity contribution < 1.29 is 19.2 Å². The molecule has 0 bridgehead atoms. The van der Waals surface area contributed by atoms with Gasteiger partial charge < -0.3 is 19.2 Å². The Labute approximate surface area is 207 Å². The lowest BCUT2D eigenvalue weighted by Gasteiger charge is -2.32. The lowest BCUT2D eigenvalue weighted by atomic mass is 9.74. The molecule has 1 N–H and O–H groups in total. The zero-order chi connectivity index (χ0) is 25.9. The first-order valence-corrected chi connectivity index (χ1v) is 12.2. The van der Waals surface area contributed by atoms with Crippen molar-refractivity contribution in [3.8, 4) is 0 Å². The van der Waals surface area contributed by atoms with Crippen molar-refractivity contribution >= 4 is 13.3 Å². The summed E-state index contributed by atoms with van der Waals surface area (Å²) in [6.07, 6.45) is 8.09. The Kier molecular flexibility index (Phi) is 9.14. The maximum Gasteiger partial charge on any atom is 0.494 e. The summed E-state index contributed by atoms with van der Waals surface area (Å²) in [5.74, 6) is 0. The molecule has 0 aromatic rings. The minimum atomic E-state index is -0.519. The molecular formula is C28H44BNO4. The third-order valence-corrected chi connectivity index (χ3v) is 7.28.